The van der Waals surface area contributed by atoms with Crippen LogP contribution >= 0.6 is 0 Å². The van der Waals surface area contributed by atoms with Crippen molar-refractivity contribution < 1.29 is 4.79 Å². The largest absolute Gasteiger partial charge is 0.346 e. The molecule has 6 heteroatoms. The van der Waals surface area contributed by atoms with Gasteiger partial charge < -0.3 is 5.32 Å². The molecule has 0 radical (unpaired) electrons. The molecule has 1 N–H and O–H groups in total. The van der Waals surface area contributed by atoms with Crippen molar-refractivity contribution in [3.05, 3.63) is 65.5 Å². The molecule has 0 saturated carbocycles. The Kier molecular flexibility index (Phi) is 5.11. The predicted molar refractivity (Wildman–Crippen MR) is 101 cm³/mol. The van der Waals surface area contributed by atoms with E-state index in [1.807, 2.05) is 49.0 Å². The van der Waals surface area contributed by atoms with Crippen LogP contribution in [0.25, 0.3) is 11.1 Å². The molecule has 134 valence electrons. The minimum Gasteiger partial charge on any atom is -0.346 e. The molecule has 0 bridgehead atoms. The lowest BCUT2D eigenvalue weighted by molar-refractivity contribution is 0.0950. The molecule has 2 aromatic heterocycles. The van der Waals surface area contributed by atoms with Crippen molar-refractivity contribution in [1.82, 2.24) is 25.1 Å². The first kappa shape index (κ1) is 17.8. The van der Waals surface area contributed by atoms with Crippen LogP contribution in [0.1, 0.15) is 47.3 Å². The van der Waals surface area contributed by atoms with Gasteiger partial charge in [0.2, 0.25) is 0 Å². The van der Waals surface area contributed by atoms with Crippen molar-refractivity contribution in [2.45, 2.75) is 40.3 Å². The fourth-order valence-corrected chi connectivity index (χ4v) is 2.64. The summed E-state index contributed by atoms with van der Waals surface area (Å²) in [6, 6.07) is 7.88. The lowest BCUT2D eigenvalue weighted by Gasteiger charge is -2.07. The van der Waals surface area contributed by atoms with Crippen LogP contribution in [0, 0.1) is 13.8 Å². The van der Waals surface area contributed by atoms with Crippen molar-refractivity contribution in [2.75, 3.05) is 0 Å². The Hall–Kier alpha value is -3.02. The van der Waals surface area contributed by atoms with Crippen LogP contribution in [0.3, 0.4) is 0 Å². The quantitative estimate of drug-likeness (QED) is 0.765. The van der Waals surface area contributed by atoms with E-state index in [4.69, 9.17) is 0 Å². The molecular formula is C20H23N5O. The molecule has 0 saturated heterocycles. The number of rotatable bonds is 5. The third-order valence-corrected chi connectivity index (χ3v) is 4.15. The number of carbonyl (C=O) groups excluding carboxylic acids is 1. The molecule has 0 unspecified atom stereocenters. The van der Waals surface area contributed by atoms with E-state index >= 15 is 0 Å². The summed E-state index contributed by atoms with van der Waals surface area (Å²) in [4.78, 5) is 20.9. The van der Waals surface area contributed by atoms with E-state index in [1.54, 1.807) is 12.4 Å². The van der Waals surface area contributed by atoms with Crippen LogP contribution in [0.4, 0.5) is 0 Å². The summed E-state index contributed by atoms with van der Waals surface area (Å²) in [6.45, 7) is 8.39. The SMILES string of the molecule is Cc1cnc(CNC(=O)c2cccc(-c3cn(C(C)C)nc3C)c2)cn1. The summed E-state index contributed by atoms with van der Waals surface area (Å²) in [5.74, 6) is -0.136. The van der Waals surface area contributed by atoms with Crippen LogP contribution < -0.4 is 5.32 Å². The van der Waals surface area contributed by atoms with E-state index in [0.29, 0.717) is 18.2 Å². The van der Waals surface area contributed by atoms with E-state index in [0.717, 1.165) is 28.2 Å². The highest BCUT2D eigenvalue weighted by atomic mass is 16.1. The maximum Gasteiger partial charge on any atom is 0.251 e. The van der Waals surface area contributed by atoms with E-state index in [2.05, 4.69) is 34.2 Å². The minimum atomic E-state index is -0.136. The van der Waals surface area contributed by atoms with Crippen LogP contribution in [-0.4, -0.2) is 25.7 Å². The maximum absolute atomic E-state index is 12.5. The molecule has 0 atom stereocenters. The zero-order chi connectivity index (χ0) is 18.7. The van der Waals surface area contributed by atoms with Crippen molar-refractivity contribution in [2.24, 2.45) is 0 Å². The topological polar surface area (TPSA) is 72.7 Å². The van der Waals surface area contributed by atoms with Crippen molar-refractivity contribution in [1.29, 1.82) is 0 Å². The van der Waals surface area contributed by atoms with Crippen molar-refractivity contribution in [3.63, 3.8) is 0 Å². The smallest absolute Gasteiger partial charge is 0.251 e. The number of carbonyl (C=O) groups is 1. The standard InChI is InChI=1S/C20H23N5O/c1-13(2)25-12-19(15(4)24-25)16-6-5-7-17(8-16)20(26)23-11-18-10-21-14(3)9-22-18/h5-10,12-13H,11H2,1-4H3,(H,23,26). The normalized spacial score (nSPS) is 11.0. The molecule has 1 amide bonds. The fourth-order valence-electron chi connectivity index (χ4n) is 2.64. The fraction of sp³-hybridized carbons (Fsp3) is 0.300. The first-order chi connectivity index (χ1) is 12.4. The van der Waals surface area contributed by atoms with Gasteiger partial charge in [-0.15, -0.1) is 0 Å². The van der Waals surface area contributed by atoms with Crippen LogP contribution in [-0.2, 0) is 6.54 Å². The monoisotopic (exact) mass is 349 g/mol. The van der Waals surface area contributed by atoms with E-state index in [-0.39, 0.29) is 5.91 Å². The number of aryl methyl sites for hydroxylation is 2. The molecule has 0 aliphatic carbocycles. The lowest BCUT2D eigenvalue weighted by Crippen LogP contribution is -2.23. The number of aromatic nitrogens is 4. The Morgan fingerprint density at radius 1 is 1.19 bits per heavy atom. The average Bonchev–Trinajstić information content (AvgIpc) is 3.03. The number of hydrogen-bond donors (Lipinski definition) is 1. The van der Waals surface area contributed by atoms with Gasteiger partial charge in [-0.3, -0.25) is 19.4 Å². The molecule has 6 nitrogen and oxygen atoms in total. The second-order valence-electron chi connectivity index (χ2n) is 6.61. The van der Waals surface area contributed by atoms with Crippen molar-refractivity contribution >= 4 is 5.91 Å². The second kappa shape index (κ2) is 7.47. The predicted octanol–water partition coefficient (Wildman–Crippen LogP) is 3.47. The minimum absolute atomic E-state index is 0.136. The van der Waals surface area contributed by atoms with E-state index in [1.165, 1.54) is 0 Å². The number of nitrogens with one attached hydrogen (secondary N) is 1. The zero-order valence-electron chi connectivity index (χ0n) is 15.5. The number of amides is 1. The van der Waals surface area contributed by atoms with Crippen molar-refractivity contribution in [3.8, 4) is 11.1 Å². The summed E-state index contributed by atoms with van der Waals surface area (Å²) >= 11 is 0. The zero-order valence-corrected chi connectivity index (χ0v) is 15.5. The van der Waals surface area contributed by atoms with E-state index in [9.17, 15) is 4.79 Å². The van der Waals surface area contributed by atoms with Gasteiger partial charge in [-0.1, -0.05) is 12.1 Å². The first-order valence-corrected chi connectivity index (χ1v) is 8.66. The number of nitrogens with zero attached hydrogens (tertiary/aromatic N) is 4. The Balaban J connectivity index is 1.76. The van der Waals surface area contributed by atoms with Gasteiger partial charge in [0.05, 0.1) is 29.8 Å². The average molecular weight is 349 g/mol. The molecule has 26 heavy (non-hydrogen) atoms. The second-order valence-corrected chi connectivity index (χ2v) is 6.61. The molecule has 3 aromatic rings. The highest BCUT2D eigenvalue weighted by Crippen LogP contribution is 2.24. The maximum atomic E-state index is 12.5. The molecule has 0 aliphatic heterocycles. The van der Waals surface area contributed by atoms with Gasteiger partial charge in [-0.25, -0.2) is 0 Å². The summed E-state index contributed by atoms with van der Waals surface area (Å²) < 4.78 is 1.94. The summed E-state index contributed by atoms with van der Waals surface area (Å²) in [5.41, 5.74) is 5.17. The first-order valence-electron chi connectivity index (χ1n) is 8.66. The molecular weight excluding hydrogens is 326 g/mol. The van der Waals surface area contributed by atoms with Gasteiger partial charge in [-0.05, 0) is 45.4 Å². The summed E-state index contributed by atoms with van der Waals surface area (Å²) in [5, 5.41) is 7.43. The number of hydrogen-bond acceptors (Lipinski definition) is 4. The van der Waals surface area contributed by atoms with Gasteiger partial charge in [0, 0.05) is 29.6 Å². The third kappa shape index (κ3) is 3.96. The molecule has 0 spiro atoms. The van der Waals surface area contributed by atoms with Gasteiger partial charge in [0.15, 0.2) is 0 Å². The van der Waals surface area contributed by atoms with E-state index < -0.39 is 0 Å². The molecule has 3 rings (SSSR count). The molecule has 1 aromatic carbocycles. The highest BCUT2D eigenvalue weighted by molar-refractivity contribution is 5.95. The molecule has 0 fully saturated rings. The van der Waals surface area contributed by atoms with Gasteiger partial charge in [0.25, 0.3) is 5.91 Å². The third-order valence-electron chi connectivity index (χ3n) is 4.15. The lowest BCUT2D eigenvalue weighted by atomic mass is 10.0. The summed E-state index contributed by atoms with van der Waals surface area (Å²) in [6.07, 6.45) is 5.39. The van der Waals surface area contributed by atoms with Gasteiger partial charge in [-0.2, -0.15) is 5.10 Å². The summed E-state index contributed by atoms with van der Waals surface area (Å²) in [7, 11) is 0. The van der Waals surface area contributed by atoms with Crippen LogP contribution in [0.5, 0.6) is 0 Å². The Labute approximate surface area is 153 Å². The molecule has 2 heterocycles. The van der Waals surface area contributed by atoms with Gasteiger partial charge in [0.1, 0.15) is 0 Å². The van der Waals surface area contributed by atoms with Crippen LogP contribution in [0.15, 0.2) is 42.9 Å². The van der Waals surface area contributed by atoms with Gasteiger partial charge >= 0.3 is 0 Å². The Morgan fingerprint density at radius 2 is 2.00 bits per heavy atom. The number of benzene rings is 1. The highest BCUT2D eigenvalue weighted by Gasteiger charge is 2.12. The molecule has 0 aliphatic rings. The Bertz CT molecular complexity index is 912. The Morgan fingerprint density at radius 3 is 2.65 bits per heavy atom. The van der Waals surface area contributed by atoms with Crippen LogP contribution in [0.2, 0.25) is 0 Å².